The van der Waals surface area contributed by atoms with Gasteiger partial charge in [0.05, 0.1) is 10.9 Å². The minimum absolute atomic E-state index is 0.150. The topological polar surface area (TPSA) is 74.6 Å². The Morgan fingerprint density at radius 1 is 0.964 bits per heavy atom. The van der Waals surface area contributed by atoms with Gasteiger partial charge in [0.2, 0.25) is 0 Å². The van der Waals surface area contributed by atoms with Crippen LogP contribution in [0.15, 0.2) is 54.6 Å². The zero-order valence-electron chi connectivity index (χ0n) is 15.1. The van der Waals surface area contributed by atoms with E-state index in [2.05, 4.69) is 0 Å². The third-order valence-electron chi connectivity index (χ3n) is 5.28. The molecular weight excluding hydrogens is 376 g/mol. The number of carbonyl (C=O) groups is 2. The lowest BCUT2D eigenvalue weighted by molar-refractivity contribution is 0.0822. The van der Waals surface area contributed by atoms with Crippen molar-refractivity contribution in [2.24, 2.45) is 5.92 Å². The number of phenolic OH excluding ortho intramolecular Hbond substituents is 2. The van der Waals surface area contributed by atoms with E-state index >= 15 is 0 Å². The number of hydrogen-bond acceptors (Lipinski definition) is 4. The quantitative estimate of drug-likeness (QED) is 0.375. The van der Waals surface area contributed by atoms with Crippen LogP contribution in [0.25, 0.3) is 11.1 Å². The van der Waals surface area contributed by atoms with Gasteiger partial charge in [-0.1, -0.05) is 54.1 Å². The van der Waals surface area contributed by atoms with Crippen molar-refractivity contribution in [1.29, 1.82) is 0 Å². The number of Topliss-reactive ketones (excluding diaryl/α,β-unsaturated/α-hetero) is 2. The van der Waals surface area contributed by atoms with Crippen LogP contribution in [0.3, 0.4) is 0 Å². The number of fused-ring (bicyclic) bond motifs is 1. The second kappa shape index (κ2) is 6.80. The Labute approximate surface area is 167 Å². The molecule has 0 fully saturated rings. The summed E-state index contributed by atoms with van der Waals surface area (Å²) in [4.78, 5) is 26.2. The molecule has 0 spiro atoms. The summed E-state index contributed by atoms with van der Waals surface area (Å²) >= 11 is 6.15. The molecule has 0 aromatic heterocycles. The normalized spacial score (nSPS) is 15.5. The van der Waals surface area contributed by atoms with Crippen molar-refractivity contribution in [3.05, 3.63) is 81.9 Å². The maximum Gasteiger partial charge on any atom is 0.175 e. The number of ketones is 2. The molecule has 1 unspecified atom stereocenters. The van der Waals surface area contributed by atoms with Gasteiger partial charge in [-0.2, -0.15) is 0 Å². The van der Waals surface area contributed by atoms with Crippen molar-refractivity contribution in [2.45, 2.75) is 13.3 Å². The summed E-state index contributed by atoms with van der Waals surface area (Å²) in [6, 6.07) is 15.7. The van der Waals surface area contributed by atoms with Crippen LogP contribution in [0, 0.1) is 12.8 Å². The highest BCUT2D eigenvalue weighted by Gasteiger charge is 2.41. The van der Waals surface area contributed by atoms with Crippen molar-refractivity contribution >= 4 is 23.2 Å². The Morgan fingerprint density at radius 3 is 2.29 bits per heavy atom. The van der Waals surface area contributed by atoms with Gasteiger partial charge in [-0.15, -0.1) is 0 Å². The van der Waals surface area contributed by atoms with E-state index in [9.17, 15) is 19.8 Å². The number of hydrogen-bond donors (Lipinski definition) is 2. The lowest BCUT2D eigenvalue weighted by Gasteiger charge is -2.15. The SMILES string of the molecule is Cc1c(O)c(O)c(-c2ccccc2)c2c1C(=O)C(C(=O)c1ccccc1Cl)C2. The second-order valence-electron chi connectivity index (χ2n) is 6.88. The van der Waals surface area contributed by atoms with E-state index in [1.54, 1.807) is 55.5 Å². The van der Waals surface area contributed by atoms with Crippen LogP contribution in [0.4, 0.5) is 0 Å². The van der Waals surface area contributed by atoms with Gasteiger partial charge in [0, 0.05) is 22.3 Å². The molecule has 2 N–H and O–H groups in total. The fourth-order valence-electron chi connectivity index (χ4n) is 3.89. The van der Waals surface area contributed by atoms with Crippen molar-refractivity contribution in [3.8, 4) is 22.6 Å². The first-order valence-electron chi connectivity index (χ1n) is 8.87. The molecule has 140 valence electrons. The summed E-state index contributed by atoms with van der Waals surface area (Å²) in [5, 5.41) is 21.3. The molecule has 28 heavy (non-hydrogen) atoms. The second-order valence-corrected chi connectivity index (χ2v) is 7.29. The standard InChI is InChI=1S/C23H17ClO4/c1-12-18-15(19(23(28)20(12)25)13-7-3-2-4-8-13)11-16(22(18)27)21(26)14-9-5-6-10-17(14)24/h2-10,16,25,28H,11H2,1H3. The van der Waals surface area contributed by atoms with E-state index < -0.39 is 5.92 Å². The lowest BCUT2D eigenvalue weighted by atomic mass is 9.92. The Bertz CT molecular complexity index is 1120. The van der Waals surface area contributed by atoms with Gasteiger partial charge in [-0.3, -0.25) is 9.59 Å². The highest BCUT2D eigenvalue weighted by molar-refractivity contribution is 6.35. The predicted molar refractivity (Wildman–Crippen MR) is 107 cm³/mol. The van der Waals surface area contributed by atoms with Gasteiger partial charge in [0.1, 0.15) is 0 Å². The summed E-state index contributed by atoms with van der Waals surface area (Å²) in [7, 11) is 0. The number of benzene rings is 3. The van der Waals surface area contributed by atoms with Crippen LogP contribution in [-0.2, 0) is 6.42 Å². The van der Waals surface area contributed by atoms with Gasteiger partial charge in [0.25, 0.3) is 0 Å². The first-order valence-corrected chi connectivity index (χ1v) is 9.25. The van der Waals surface area contributed by atoms with E-state index in [0.29, 0.717) is 32.8 Å². The monoisotopic (exact) mass is 392 g/mol. The predicted octanol–water partition coefficient (Wildman–Crippen LogP) is 4.96. The molecule has 5 heteroatoms. The number of carbonyl (C=O) groups excluding carboxylic acids is 2. The molecule has 4 nitrogen and oxygen atoms in total. The summed E-state index contributed by atoms with van der Waals surface area (Å²) < 4.78 is 0. The Morgan fingerprint density at radius 2 is 1.61 bits per heavy atom. The molecule has 0 saturated heterocycles. The fraction of sp³-hybridized carbons (Fsp3) is 0.130. The minimum Gasteiger partial charge on any atom is -0.504 e. The first kappa shape index (κ1) is 18.3. The van der Waals surface area contributed by atoms with E-state index in [1.165, 1.54) is 0 Å². The van der Waals surface area contributed by atoms with Gasteiger partial charge < -0.3 is 10.2 Å². The molecule has 0 amide bonds. The molecule has 3 aromatic carbocycles. The maximum absolute atomic E-state index is 13.1. The van der Waals surface area contributed by atoms with Crippen LogP contribution in [-0.4, -0.2) is 21.8 Å². The first-order chi connectivity index (χ1) is 13.4. The molecule has 1 aliphatic rings. The van der Waals surface area contributed by atoms with E-state index in [0.717, 1.165) is 0 Å². The molecule has 1 atom stereocenters. The van der Waals surface area contributed by atoms with E-state index in [1.807, 2.05) is 6.07 Å². The highest BCUT2D eigenvalue weighted by Crippen LogP contribution is 2.48. The fourth-order valence-corrected chi connectivity index (χ4v) is 4.12. The Kier molecular flexibility index (Phi) is 4.44. The van der Waals surface area contributed by atoms with Gasteiger partial charge in [0.15, 0.2) is 23.1 Å². The molecule has 0 saturated carbocycles. The molecule has 4 rings (SSSR count). The van der Waals surface area contributed by atoms with Gasteiger partial charge in [-0.25, -0.2) is 0 Å². The average molecular weight is 393 g/mol. The van der Waals surface area contributed by atoms with Crippen molar-refractivity contribution in [3.63, 3.8) is 0 Å². The van der Waals surface area contributed by atoms with Crippen LogP contribution in [0.2, 0.25) is 5.02 Å². The lowest BCUT2D eigenvalue weighted by Crippen LogP contribution is -2.21. The molecular formula is C23H17ClO4. The zero-order valence-corrected chi connectivity index (χ0v) is 15.8. The number of aromatic hydroxyl groups is 2. The smallest absolute Gasteiger partial charge is 0.175 e. The zero-order chi connectivity index (χ0) is 20.0. The van der Waals surface area contributed by atoms with Crippen LogP contribution >= 0.6 is 11.6 Å². The number of halogens is 1. The van der Waals surface area contributed by atoms with E-state index in [-0.39, 0.29) is 35.0 Å². The third-order valence-corrected chi connectivity index (χ3v) is 5.61. The summed E-state index contributed by atoms with van der Waals surface area (Å²) in [5.74, 6) is -2.26. The third kappa shape index (κ3) is 2.69. The highest BCUT2D eigenvalue weighted by atomic mass is 35.5. The van der Waals surface area contributed by atoms with Crippen LogP contribution in [0.5, 0.6) is 11.5 Å². The van der Waals surface area contributed by atoms with Crippen LogP contribution < -0.4 is 0 Å². The minimum atomic E-state index is -0.933. The summed E-state index contributed by atoms with van der Waals surface area (Å²) in [6.45, 7) is 1.57. The summed E-state index contributed by atoms with van der Waals surface area (Å²) in [6.07, 6.45) is 0.150. The Hall–Kier alpha value is -3.11. The molecule has 0 bridgehead atoms. The molecule has 3 aromatic rings. The largest absolute Gasteiger partial charge is 0.504 e. The molecule has 0 radical (unpaired) electrons. The average Bonchev–Trinajstić information content (AvgIpc) is 3.04. The van der Waals surface area contributed by atoms with Gasteiger partial charge in [-0.05, 0) is 36.6 Å². The van der Waals surface area contributed by atoms with Crippen LogP contribution in [0.1, 0.15) is 31.8 Å². The van der Waals surface area contributed by atoms with E-state index in [4.69, 9.17) is 11.6 Å². The summed E-state index contributed by atoms with van der Waals surface area (Å²) in [5.41, 5.74) is 2.52. The number of phenols is 2. The van der Waals surface area contributed by atoms with Crippen molar-refractivity contribution in [1.82, 2.24) is 0 Å². The number of rotatable bonds is 3. The van der Waals surface area contributed by atoms with Crippen molar-refractivity contribution < 1.29 is 19.8 Å². The van der Waals surface area contributed by atoms with Crippen molar-refractivity contribution in [2.75, 3.05) is 0 Å². The molecule has 1 aliphatic carbocycles. The molecule has 0 aliphatic heterocycles. The Balaban J connectivity index is 1.88. The van der Waals surface area contributed by atoms with Gasteiger partial charge >= 0.3 is 0 Å². The maximum atomic E-state index is 13.1. The molecule has 0 heterocycles.